The Hall–Kier alpha value is -2.48. The lowest BCUT2D eigenvalue weighted by molar-refractivity contribution is 0.383. The summed E-state index contributed by atoms with van der Waals surface area (Å²) < 4.78 is 27.1. The Labute approximate surface area is 175 Å². The maximum Gasteiger partial charge on any atom is 0.243 e. The molecular weight excluding hydrogens is 408 g/mol. The summed E-state index contributed by atoms with van der Waals surface area (Å²) in [6, 6.07) is 18.2. The van der Waals surface area contributed by atoms with Crippen molar-refractivity contribution in [3.63, 3.8) is 0 Å². The first-order chi connectivity index (χ1) is 13.9. The van der Waals surface area contributed by atoms with Crippen LogP contribution in [0, 0.1) is 6.92 Å². The Morgan fingerprint density at radius 3 is 2.17 bits per heavy atom. The van der Waals surface area contributed by atoms with E-state index in [0.29, 0.717) is 31.2 Å². The molecule has 0 N–H and O–H groups in total. The van der Waals surface area contributed by atoms with Gasteiger partial charge in [0.25, 0.3) is 0 Å². The summed E-state index contributed by atoms with van der Waals surface area (Å²) in [5.74, 6) is 0.755. The van der Waals surface area contributed by atoms with Crippen LogP contribution in [0.5, 0.6) is 0 Å². The number of sulfonamides is 1. The summed E-state index contributed by atoms with van der Waals surface area (Å²) in [4.78, 5) is 2.32. The Morgan fingerprint density at radius 1 is 0.862 bits per heavy atom. The van der Waals surface area contributed by atoms with Crippen molar-refractivity contribution in [3.8, 4) is 11.3 Å². The molecule has 0 saturated carbocycles. The number of anilines is 1. The van der Waals surface area contributed by atoms with Gasteiger partial charge in [-0.3, -0.25) is 0 Å². The highest BCUT2D eigenvalue weighted by atomic mass is 35.5. The van der Waals surface area contributed by atoms with Crippen molar-refractivity contribution < 1.29 is 8.42 Å². The second kappa shape index (κ2) is 8.10. The van der Waals surface area contributed by atoms with Gasteiger partial charge in [-0.25, -0.2) is 8.42 Å². The number of nitrogens with zero attached hydrogens (tertiary/aromatic N) is 4. The van der Waals surface area contributed by atoms with E-state index in [0.717, 1.165) is 22.6 Å². The van der Waals surface area contributed by atoms with Crippen molar-refractivity contribution in [3.05, 3.63) is 71.2 Å². The minimum absolute atomic E-state index is 0.262. The molecule has 0 atom stereocenters. The van der Waals surface area contributed by atoms with Crippen LogP contribution < -0.4 is 4.90 Å². The molecule has 0 aliphatic carbocycles. The lowest BCUT2D eigenvalue weighted by Crippen LogP contribution is -2.48. The highest BCUT2D eigenvalue weighted by molar-refractivity contribution is 7.89. The standard InChI is InChI=1S/C21H21ClN4O2S/c1-16-4-2-3-5-19(16)20-10-11-21(24-23-20)25-12-14-26(15-13-25)29(27,28)18-8-6-17(22)7-9-18/h2-11H,12-15H2,1H3. The van der Waals surface area contributed by atoms with Crippen LogP contribution in [0.15, 0.2) is 65.6 Å². The third-order valence-corrected chi connectivity index (χ3v) is 7.25. The predicted octanol–water partition coefficient (Wildman–Crippen LogP) is 3.62. The van der Waals surface area contributed by atoms with E-state index < -0.39 is 10.0 Å². The van der Waals surface area contributed by atoms with Gasteiger partial charge in [-0.15, -0.1) is 10.2 Å². The summed E-state index contributed by atoms with van der Waals surface area (Å²) in [6.45, 7) is 3.96. The lowest BCUT2D eigenvalue weighted by Gasteiger charge is -2.34. The van der Waals surface area contributed by atoms with E-state index >= 15 is 0 Å². The van der Waals surface area contributed by atoms with Gasteiger partial charge in [0.1, 0.15) is 0 Å². The zero-order valence-electron chi connectivity index (χ0n) is 16.0. The molecule has 1 aliphatic heterocycles. The van der Waals surface area contributed by atoms with E-state index in [-0.39, 0.29) is 4.90 Å². The number of hydrogen-bond donors (Lipinski definition) is 0. The summed E-state index contributed by atoms with van der Waals surface area (Å²) in [5.41, 5.74) is 3.04. The third kappa shape index (κ3) is 4.12. The summed E-state index contributed by atoms with van der Waals surface area (Å²) in [7, 11) is -3.52. The first-order valence-electron chi connectivity index (χ1n) is 9.35. The van der Waals surface area contributed by atoms with Crippen LogP contribution in [-0.2, 0) is 10.0 Å². The van der Waals surface area contributed by atoms with Crippen molar-refractivity contribution in [2.75, 3.05) is 31.1 Å². The topological polar surface area (TPSA) is 66.4 Å². The molecule has 4 rings (SSSR count). The van der Waals surface area contributed by atoms with E-state index in [1.54, 1.807) is 24.3 Å². The molecule has 0 bridgehead atoms. The summed E-state index contributed by atoms with van der Waals surface area (Å²) >= 11 is 5.87. The van der Waals surface area contributed by atoms with Crippen molar-refractivity contribution >= 4 is 27.4 Å². The number of aryl methyl sites for hydroxylation is 1. The molecule has 1 aliphatic rings. The molecular formula is C21H21ClN4O2S. The fourth-order valence-electron chi connectivity index (χ4n) is 3.41. The average molecular weight is 429 g/mol. The van der Waals surface area contributed by atoms with Crippen molar-refractivity contribution in [1.29, 1.82) is 0 Å². The molecule has 150 valence electrons. The molecule has 3 aromatic rings. The van der Waals surface area contributed by atoms with E-state index in [1.165, 1.54) is 4.31 Å². The molecule has 1 saturated heterocycles. The minimum Gasteiger partial charge on any atom is -0.352 e. The van der Waals surface area contributed by atoms with Crippen LogP contribution in [0.1, 0.15) is 5.56 Å². The maximum absolute atomic E-state index is 12.8. The Balaban J connectivity index is 1.44. The fraction of sp³-hybridized carbons (Fsp3) is 0.238. The number of benzene rings is 2. The van der Waals surface area contributed by atoms with E-state index in [9.17, 15) is 8.42 Å². The molecule has 1 fully saturated rings. The van der Waals surface area contributed by atoms with Gasteiger partial charge in [-0.2, -0.15) is 4.31 Å². The zero-order valence-corrected chi connectivity index (χ0v) is 17.6. The molecule has 6 nitrogen and oxygen atoms in total. The van der Waals surface area contributed by atoms with Gasteiger partial charge in [0, 0.05) is 36.8 Å². The monoisotopic (exact) mass is 428 g/mol. The molecule has 1 aromatic heterocycles. The van der Waals surface area contributed by atoms with Crippen LogP contribution in [0.2, 0.25) is 5.02 Å². The molecule has 2 aromatic carbocycles. The summed E-state index contributed by atoms with van der Waals surface area (Å²) in [5, 5.41) is 9.26. The van der Waals surface area contributed by atoms with Crippen LogP contribution in [0.3, 0.4) is 0 Å². The van der Waals surface area contributed by atoms with Crippen molar-refractivity contribution in [1.82, 2.24) is 14.5 Å². The fourth-order valence-corrected chi connectivity index (χ4v) is 4.96. The second-order valence-corrected chi connectivity index (χ2v) is 9.31. The number of rotatable bonds is 4. The van der Waals surface area contributed by atoms with Crippen molar-refractivity contribution in [2.45, 2.75) is 11.8 Å². The average Bonchev–Trinajstić information content (AvgIpc) is 2.75. The first kappa shape index (κ1) is 19.8. The smallest absolute Gasteiger partial charge is 0.243 e. The molecule has 0 radical (unpaired) electrons. The number of halogens is 1. The second-order valence-electron chi connectivity index (χ2n) is 6.94. The van der Waals surface area contributed by atoms with E-state index in [2.05, 4.69) is 15.1 Å². The van der Waals surface area contributed by atoms with Gasteiger partial charge < -0.3 is 4.90 Å². The summed E-state index contributed by atoms with van der Waals surface area (Å²) in [6.07, 6.45) is 0. The number of piperazine rings is 1. The zero-order chi connectivity index (χ0) is 20.4. The largest absolute Gasteiger partial charge is 0.352 e. The molecule has 29 heavy (non-hydrogen) atoms. The van der Waals surface area contributed by atoms with Crippen LogP contribution in [-0.4, -0.2) is 49.1 Å². The maximum atomic E-state index is 12.8. The van der Waals surface area contributed by atoms with Crippen LogP contribution in [0.4, 0.5) is 5.82 Å². The van der Waals surface area contributed by atoms with Gasteiger partial charge >= 0.3 is 0 Å². The lowest BCUT2D eigenvalue weighted by atomic mass is 10.1. The Morgan fingerprint density at radius 2 is 1.55 bits per heavy atom. The molecule has 2 heterocycles. The third-order valence-electron chi connectivity index (χ3n) is 5.09. The van der Waals surface area contributed by atoms with Gasteiger partial charge in [-0.1, -0.05) is 35.9 Å². The van der Waals surface area contributed by atoms with Gasteiger partial charge in [0.05, 0.1) is 10.6 Å². The van der Waals surface area contributed by atoms with Gasteiger partial charge in [0.2, 0.25) is 10.0 Å². The Kier molecular flexibility index (Phi) is 5.54. The number of aromatic nitrogens is 2. The quantitative estimate of drug-likeness (QED) is 0.635. The minimum atomic E-state index is -3.52. The van der Waals surface area contributed by atoms with E-state index in [4.69, 9.17) is 11.6 Å². The SMILES string of the molecule is Cc1ccccc1-c1ccc(N2CCN(S(=O)(=O)c3ccc(Cl)cc3)CC2)nn1. The molecule has 0 unspecified atom stereocenters. The van der Waals surface area contributed by atoms with E-state index in [1.807, 2.05) is 43.3 Å². The Bertz CT molecular complexity index is 1090. The van der Waals surface area contributed by atoms with Crippen LogP contribution in [0.25, 0.3) is 11.3 Å². The van der Waals surface area contributed by atoms with Gasteiger partial charge in [-0.05, 0) is 48.9 Å². The normalized spacial score (nSPS) is 15.4. The first-order valence-corrected chi connectivity index (χ1v) is 11.2. The molecule has 0 spiro atoms. The van der Waals surface area contributed by atoms with Gasteiger partial charge in [0.15, 0.2) is 5.82 Å². The highest BCUT2D eigenvalue weighted by Crippen LogP contribution is 2.24. The molecule has 8 heteroatoms. The predicted molar refractivity (Wildman–Crippen MR) is 115 cm³/mol. The highest BCUT2D eigenvalue weighted by Gasteiger charge is 2.29. The molecule has 0 amide bonds. The van der Waals surface area contributed by atoms with Crippen LogP contribution >= 0.6 is 11.6 Å². The number of hydrogen-bond acceptors (Lipinski definition) is 5. The van der Waals surface area contributed by atoms with Crippen molar-refractivity contribution in [2.24, 2.45) is 0 Å².